The van der Waals surface area contributed by atoms with Crippen molar-refractivity contribution in [2.24, 2.45) is 5.92 Å². The number of rotatable bonds is 8. The highest BCUT2D eigenvalue weighted by Crippen LogP contribution is 2.20. The quantitative estimate of drug-likeness (QED) is 0.568. The SMILES string of the molecule is O=C(c1cnsn1)N(Cc1cccc(OC[C@H]2CCOC2)c1)Cc1ccccn1. The van der Waals surface area contributed by atoms with E-state index >= 15 is 0 Å². The van der Waals surface area contributed by atoms with Gasteiger partial charge in [0.1, 0.15) is 5.75 Å². The van der Waals surface area contributed by atoms with Gasteiger partial charge in [-0.3, -0.25) is 9.78 Å². The zero-order chi connectivity index (χ0) is 19.9. The molecule has 0 N–H and O–H groups in total. The fourth-order valence-electron chi connectivity index (χ4n) is 3.19. The van der Waals surface area contributed by atoms with Crippen LogP contribution < -0.4 is 4.74 Å². The first-order valence-corrected chi connectivity index (χ1v) is 10.3. The summed E-state index contributed by atoms with van der Waals surface area (Å²) >= 11 is 1.03. The fourth-order valence-corrected chi connectivity index (χ4v) is 3.60. The summed E-state index contributed by atoms with van der Waals surface area (Å²) in [5.41, 5.74) is 2.15. The first kappa shape index (κ1) is 19.5. The second-order valence-corrected chi connectivity index (χ2v) is 7.52. The molecule has 0 unspecified atom stereocenters. The minimum absolute atomic E-state index is 0.168. The first-order chi connectivity index (χ1) is 14.3. The lowest BCUT2D eigenvalue weighted by Crippen LogP contribution is -2.30. The van der Waals surface area contributed by atoms with E-state index in [0.717, 1.165) is 48.4 Å². The molecule has 3 heterocycles. The smallest absolute Gasteiger partial charge is 0.275 e. The van der Waals surface area contributed by atoms with Gasteiger partial charge in [-0.1, -0.05) is 18.2 Å². The monoisotopic (exact) mass is 410 g/mol. The number of carbonyl (C=O) groups excluding carboxylic acids is 1. The number of hydrogen-bond acceptors (Lipinski definition) is 7. The fraction of sp³-hybridized carbons (Fsp3) is 0.333. The largest absolute Gasteiger partial charge is 0.493 e. The highest BCUT2D eigenvalue weighted by Gasteiger charge is 2.20. The third-order valence-corrected chi connectivity index (χ3v) is 5.21. The molecule has 29 heavy (non-hydrogen) atoms. The molecule has 1 aliphatic heterocycles. The summed E-state index contributed by atoms with van der Waals surface area (Å²) in [5.74, 6) is 1.08. The molecular weight excluding hydrogens is 388 g/mol. The Morgan fingerprint density at radius 3 is 2.97 bits per heavy atom. The van der Waals surface area contributed by atoms with Crippen LogP contribution in [0.3, 0.4) is 0 Å². The van der Waals surface area contributed by atoms with Crippen LogP contribution in [0.1, 0.15) is 28.2 Å². The molecule has 0 radical (unpaired) electrons. The van der Waals surface area contributed by atoms with Gasteiger partial charge >= 0.3 is 0 Å². The summed E-state index contributed by atoms with van der Waals surface area (Å²) < 4.78 is 19.4. The average molecular weight is 410 g/mol. The number of benzene rings is 1. The van der Waals surface area contributed by atoms with Crippen molar-refractivity contribution in [3.05, 3.63) is 71.8 Å². The zero-order valence-corrected chi connectivity index (χ0v) is 16.8. The first-order valence-electron chi connectivity index (χ1n) is 9.54. The van der Waals surface area contributed by atoms with Crippen molar-refractivity contribution in [1.29, 1.82) is 0 Å². The van der Waals surface area contributed by atoms with Crippen molar-refractivity contribution in [2.45, 2.75) is 19.5 Å². The molecule has 7 nitrogen and oxygen atoms in total. The van der Waals surface area contributed by atoms with Crippen LogP contribution in [0.5, 0.6) is 5.75 Å². The van der Waals surface area contributed by atoms with E-state index in [1.807, 2.05) is 42.5 Å². The highest BCUT2D eigenvalue weighted by atomic mass is 32.1. The maximum absolute atomic E-state index is 13.0. The minimum Gasteiger partial charge on any atom is -0.493 e. The topological polar surface area (TPSA) is 77.4 Å². The van der Waals surface area contributed by atoms with Crippen molar-refractivity contribution in [2.75, 3.05) is 19.8 Å². The molecule has 0 spiro atoms. The van der Waals surface area contributed by atoms with Crippen LogP contribution in [0.15, 0.2) is 54.9 Å². The second kappa shape index (κ2) is 9.58. The van der Waals surface area contributed by atoms with Gasteiger partial charge in [-0.25, -0.2) is 0 Å². The maximum Gasteiger partial charge on any atom is 0.275 e. The van der Waals surface area contributed by atoms with Crippen LogP contribution in [-0.4, -0.2) is 44.4 Å². The van der Waals surface area contributed by atoms with E-state index in [9.17, 15) is 4.79 Å². The Hall–Kier alpha value is -2.84. The molecule has 0 bridgehead atoms. The Morgan fingerprint density at radius 1 is 1.24 bits per heavy atom. The third-order valence-electron chi connectivity index (χ3n) is 4.73. The molecule has 2 aromatic heterocycles. The van der Waals surface area contributed by atoms with Crippen molar-refractivity contribution in [3.63, 3.8) is 0 Å². The zero-order valence-electron chi connectivity index (χ0n) is 15.9. The molecular formula is C21H22N4O3S. The predicted molar refractivity (Wildman–Crippen MR) is 109 cm³/mol. The highest BCUT2D eigenvalue weighted by molar-refractivity contribution is 6.99. The molecule has 1 aromatic carbocycles. The van der Waals surface area contributed by atoms with Crippen molar-refractivity contribution >= 4 is 17.6 Å². The van der Waals surface area contributed by atoms with Gasteiger partial charge in [0.2, 0.25) is 0 Å². The Morgan fingerprint density at radius 2 is 2.21 bits per heavy atom. The number of ether oxygens (including phenoxy) is 2. The second-order valence-electron chi connectivity index (χ2n) is 6.96. The van der Waals surface area contributed by atoms with Gasteiger partial charge in [-0.05, 0) is 36.2 Å². The van der Waals surface area contributed by atoms with Gasteiger partial charge in [-0.2, -0.15) is 8.75 Å². The Kier molecular flexibility index (Phi) is 6.43. The minimum atomic E-state index is -0.168. The number of hydrogen-bond donors (Lipinski definition) is 0. The summed E-state index contributed by atoms with van der Waals surface area (Å²) in [6.45, 7) is 3.03. The summed E-state index contributed by atoms with van der Waals surface area (Å²) in [7, 11) is 0. The van der Waals surface area contributed by atoms with Gasteiger partial charge in [0, 0.05) is 25.3 Å². The molecule has 1 saturated heterocycles. The lowest BCUT2D eigenvalue weighted by molar-refractivity contribution is 0.0722. The van der Waals surface area contributed by atoms with Gasteiger partial charge in [-0.15, -0.1) is 0 Å². The number of aromatic nitrogens is 3. The van der Waals surface area contributed by atoms with Gasteiger partial charge in [0.25, 0.3) is 5.91 Å². The van der Waals surface area contributed by atoms with Crippen LogP contribution in [0.2, 0.25) is 0 Å². The van der Waals surface area contributed by atoms with E-state index in [4.69, 9.17) is 9.47 Å². The number of amides is 1. The number of pyridine rings is 1. The van der Waals surface area contributed by atoms with Crippen molar-refractivity contribution in [1.82, 2.24) is 18.6 Å². The molecule has 0 saturated carbocycles. The maximum atomic E-state index is 13.0. The predicted octanol–water partition coefficient (Wildman–Crippen LogP) is 3.19. The van der Waals surface area contributed by atoms with Crippen LogP contribution in [-0.2, 0) is 17.8 Å². The molecule has 150 valence electrons. The molecule has 1 atom stereocenters. The lowest BCUT2D eigenvalue weighted by atomic mass is 10.1. The van der Waals surface area contributed by atoms with Gasteiger partial charge in [0.05, 0.1) is 43.4 Å². The normalized spacial score (nSPS) is 15.9. The molecule has 4 rings (SSSR count). The van der Waals surface area contributed by atoms with E-state index < -0.39 is 0 Å². The number of carbonyl (C=O) groups is 1. The van der Waals surface area contributed by atoms with Crippen LogP contribution in [0, 0.1) is 5.92 Å². The van der Waals surface area contributed by atoms with E-state index in [2.05, 4.69) is 13.7 Å². The molecule has 3 aromatic rings. The van der Waals surface area contributed by atoms with Crippen LogP contribution >= 0.6 is 11.7 Å². The number of nitrogens with zero attached hydrogens (tertiary/aromatic N) is 4. The lowest BCUT2D eigenvalue weighted by Gasteiger charge is -2.22. The Balaban J connectivity index is 1.47. The average Bonchev–Trinajstić information content (AvgIpc) is 3.47. The van der Waals surface area contributed by atoms with Gasteiger partial charge < -0.3 is 14.4 Å². The summed E-state index contributed by atoms with van der Waals surface area (Å²) in [5, 5.41) is 0. The third kappa shape index (κ3) is 5.36. The molecule has 1 aliphatic rings. The van der Waals surface area contributed by atoms with Crippen molar-refractivity contribution in [3.8, 4) is 5.75 Å². The molecule has 8 heteroatoms. The Labute approximate surface area is 173 Å². The van der Waals surface area contributed by atoms with E-state index in [1.54, 1.807) is 11.1 Å². The molecule has 0 aliphatic carbocycles. The standard InChI is InChI=1S/C21H22N4O3S/c26-21(20-11-23-29-24-20)25(13-18-5-1-2-8-22-18)12-16-4-3-6-19(10-16)28-15-17-7-9-27-14-17/h1-6,8,10-11,17H,7,9,12-15H2/t17-/m0/s1. The molecule has 1 amide bonds. The van der Waals surface area contributed by atoms with Crippen LogP contribution in [0.25, 0.3) is 0 Å². The Bertz CT molecular complexity index is 915. The molecule has 1 fully saturated rings. The van der Waals surface area contributed by atoms with E-state index in [-0.39, 0.29) is 5.91 Å². The van der Waals surface area contributed by atoms with E-state index in [1.165, 1.54) is 6.20 Å². The van der Waals surface area contributed by atoms with Crippen molar-refractivity contribution < 1.29 is 14.3 Å². The summed E-state index contributed by atoms with van der Waals surface area (Å²) in [6.07, 6.45) is 4.26. The van der Waals surface area contributed by atoms with Crippen LogP contribution in [0.4, 0.5) is 0 Å². The van der Waals surface area contributed by atoms with Gasteiger partial charge in [0.15, 0.2) is 5.69 Å². The van der Waals surface area contributed by atoms with E-state index in [0.29, 0.717) is 31.3 Å². The summed E-state index contributed by atoms with van der Waals surface area (Å²) in [6, 6.07) is 13.5. The summed E-state index contributed by atoms with van der Waals surface area (Å²) in [4.78, 5) is 19.0.